The van der Waals surface area contributed by atoms with E-state index in [0.29, 0.717) is 6.04 Å². The first kappa shape index (κ1) is 13.1. The molecule has 1 aromatic rings. The van der Waals surface area contributed by atoms with E-state index in [0.717, 1.165) is 31.8 Å². The number of nitrogens with one attached hydrogen (secondary N) is 1. The average Bonchev–Trinajstić information content (AvgIpc) is 2.88. The lowest BCUT2D eigenvalue weighted by atomic mass is 10.1. The van der Waals surface area contributed by atoms with Crippen LogP contribution in [-0.2, 0) is 9.47 Å². The highest BCUT2D eigenvalue weighted by molar-refractivity contribution is 5.86. The molecule has 1 saturated heterocycles. The number of methoxy groups -OCH3 is 1. The molecule has 0 saturated carbocycles. The second kappa shape index (κ2) is 6.02. The van der Waals surface area contributed by atoms with Crippen LogP contribution in [0.15, 0.2) is 16.5 Å². The zero-order valence-electron chi connectivity index (χ0n) is 10.8. The number of hydrogen-bond donors (Lipinski definition) is 1. The Morgan fingerprint density at radius 1 is 1.44 bits per heavy atom. The maximum Gasteiger partial charge on any atom is 0.373 e. The highest BCUT2D eigenvalue weighted by Crippen LogP contribution is 2.19. The third kappa shape index (κ3) is 3.11. The molecule has 0 amide bonds. The number of esters is 1. The summed E-state index contributed by atoms with van der Waals surface area (Å²) in [6, 6.07) is 3.97. The fourth-order valence-corrected chi connectivity index (χ4v) is 2.10. The first-order valence-electron chi connectivity index (χ1n) is 6.22. The van der Waals surface area contributed by atoms with Gasteiger partial charge < -0.3 is 19.2 Å². The Balaban J connectivity index is 1.93. The number of hydrogen-bond acceptors (Lipinski definition) is 5. The van der Waals surface area contributed by atoms with Crippen molar-refractivity contribution in [2.45, 2.75) is 31.8 Å². The summed E-state index contributed by atoms with van der Waals surface area (Å²) in [5.41, 5.74) is 0. The first-order chi connectivity index (χ1) is 8.70. The fourth-order valence-electron chi connectivity index (χ4n) is 2.10. The van der Waals surface area contributed by atoms with Crippen molar-refractivity contribution in [2.24, 2.45) is 0 Å². The topological polar surface area (TPSA) is 60.7 Å². The van der Waals surface area contributed by atoms with E-state index in [9.17, 15) is 4.79 Å². The second-order valence-electron chi connectivity index (χ2n) is 4.47. The lowest BCUT2D eigenvalue weighted by Crippen LogP contribution is -2.36. The predicted octanol–water partition coefficient (Wildman–Crippen LogP) is 1.90. The van der Waals surface area contributed by atoms with E-state index in [1.807, 2.05) is 13.0 Å². The Morgan fingerprint density at radius 2 is 2.17 bits per heavy atom. The van der Waals surface area contributed by atoms with Crippen LogP contribution in [0.4, 0.5) is 0 Å². The molecule has 1 aliphatic heterocycles. The Labute approximate surface area is 106 Å². The summed E-state index contributed by atoms with van der Waals surface area (Å²) >= 11 is 0. The molecule has 0 aliphatic carbocycles. The summed E-state index contributed by atoms with van der Waals surface area (Å²) < 4.78 is 15.4. The quantitative estimate of drug-likeness (QED) is 0.830. The van der Waals surface area contributed by atoms with Gasteiger partial charge in [0.1, 0.15) is 5.76 Å². The van der Waals surface area contributed by atoms with Crippen LogP contribution >= 0.6 is 0 Å². The molecule has 0 radical (unpaired) electrons. The molecule has 2 heterocycles. The lowest BCUT2D eigenvalue weighted by Gasteiger charge is -2.25. The van der Waals surface area contributed by atoms with E-state index in [1.165, 1.54) is 7.11 Å². The minimum Gasteiger partial charge on any atom is -0.463 e. The summed E-state index contributed by atoms with van der Waals surface area (Å²) in [5, 5.41) is 3.48. The van der Waals surface area contributed by atoms with E-state index in [4.69, 9.17) is 9.15 Å². The van der Waals surface area contributed by atoms with Crippen molar-refractivity contribution in [3.8, 4) is 0 Å². The fraction of sp³-hybridized carbons (Fsp3) is 0.615. The van der Waals surface area contributed by atoms with Crippen molar-refractivity contribution < 1.29 is 18.7 Å². The van der Waals surface area contributed by atoms with E-state index in [-0.39, 0.29) is 11.8 Å². The van der Waals surface area contributed by atoms with Gasteiger partial charge in [-0.2, -0.15) is 0 Å². The molecule has 100 valence electrons. The van der Waals surface area contributed by atoms with Gasteiger partial charge in [-0.25, -0.2) is 4.79 Å². The Hall–Kier alpha value is -1.33. The highest BCUT2D eigenvalue weighted by atomic mass is 16.5. The molecule has 5 nitrogen and oxygen atoms in total. The zero-order valence-corrected chi connectivity index (χ0v) is 10.8. The Bertz CT molecular complexity index is 395. The molecule has 18 heavy (non-hydrogen) atoms. The molecule has 0 spiro atoms. The van der Waals surface area contributed by atoms with Crippen molar-refractivity contribution >= 4 is 5.97 Å². The zero-order chi connectivity index (χ0) is 13.0. The van der Waals surface area contributed by atoms with E-state index < -0.39 is 5.97 Å². The van der Waals surface area contributed by atoms with Gasteiger partial charge in [0.05, 0.1) is 13.2 Å². The maximum absolute atomic E-state index is 11.3. The summed E-state index contributed by atoms with van der Waals surface area (Å²) in [7, 11) is 1.34. The minimum absolute atomic E-state index is 0.0755. The number of carbonyl (C=O) groups excluding carboxylic acids is 1. The second-order valence-corrected chi connectivity index (χ2v) is 4.47. The van der Waals surface area contributed by atoms with Gasteiger partial charge in [-0.05, 0) is 31.9 Å². The van der Waals surface area contributed by atoms with Crippen LogP contribution in [0.1, 0.15) is 42.1 Å². The minimum atomic E-state index is -0.445. The third-order valence-corrected chi connectivity index (χ3v) is 3.15. The van der Waals surface area contributed by atoms with Crippen LogP contribution in [-0.4, -0.2) is 32.3 Å². The lowest BCUT2D eigenvalue weighted by molar-refractivity contribution is 0.0561. The van der Waals surface area contributed by atoms with Gasteiger partial charge >= 0.3 is 5.97 Å². The molecule has 5 heteroatoms. The van der Waals surface area contributed by atoms with Crippen LogP contribution < -0.4 is 5.32 Å². The maximum atomic E-state index is 11.3. The van der Waals surface area contributed by atoms with Gasteiger partial charge in [0, 0.05) is 19.3 Å². The molecule has 0 aromatic carbocycles. The summed E-state index contributed by atoms with van der Waals surface area (Å²) in [4.78, 5) is 11.3. The van der Waals surface area contributed by atoms with E-state index in [1.54, 1.807) is 6.07 Å². The summed E-state index contributed by atoms with van der Waals surface area (Å²) in [6.45, 7) is 3.63. The Morgan fingerprint density at radius 3 is 2.83 bits per heavy atom. The van der Waals surface area contributed by atoms with Gasteiger partial charge in [-0.3, -0.25) is 0 Å². The normalized spacial score (nSPS) is 18.6. The standard InChI is InChI=1S/C13H19NO4/c1-9(14-10-5-7-17-8-6-10)11-3-4-12(18-11)13(15)16-2/h3-4,9-10,14H,5-8H2,1-2H3. The summed E-state index contributed by atoms with van der Waals surface area (Å²) in [6.07, 6.45) is 2.02. The first-order valence-corrected chi connectivity index (χ1v) is 6.22. The smallest absolute Gasteiger partial charge is 0.373 e. The SMILES string of the molecule is COC(=O)c1ccc(C(C)NC2CCOCC2)o1. The van der Waals surface area contributed by atoms with Crippen molar-refractivity contribution in [1.82, 2.24) is 5.32 Å². The van der Waals surface area contributed by atoms with Crippen LogP contribution in [0.3, 0.4) is 0 Å². The van der Waals surface area contributed by atoms with Crippen molar-refractivity contribution in [2.75, 3.05) is 20.3 Å². The Kier molecular flexibility index (Phi) is 4.38. The average molecular weight is 253 g/mol. The third-order valence-electron chi connectivity index (χ3n) is 3.15. The van der Waals surface area contributed by atoms with Gasteiger partial charge in [-0.15, -0.1) is 0 Å². The van der Waals surface area contributed by atoms with Crippen molar-refractivity contribution in [3.63, 3.8) is 0 Å². The molecule has 0 bridgehead atoms. The molecular weight excluding hydrogens is 234 g/mol. The molecule has 2 rings (SSSR count). The number of rotatable bonds is 4. The number of carbonyl (C=O) groups is 1. The van der Waals surface area contributed by atoms with E-state index >= 15 is 0 Å². The predicted molar refractivity (Wildman–Crippen MR) is 65.4 cm³/mol. The van der Waals surface area contributed by atoms with E-state index in [2.05, 4.69) is 10.1 Å². The van der Waals surface area contributed by atoms with Gasteiger partial charge in [0.2, 0.25) is 5.76 Å². The largest absolute Gasteiger partial charge is 0.463 e. The van der Waals surface area contributed by atoms with Gasteiger partial charge in [-0.1, -0.05) is 0 Å². The molecule has 1 unspecified atom stereocenters. The molecule has 1 aliphatic rings. The monoisotopic (exact) mass is 253 g/mol. The van der Waals surface area contributed by atoms with Crippen LogP contribution in [0.25, 0.3) is 0 Å². The van der Waals surface area contributed by atoms with Gasteiger partial charge in [0.15, 0.2) is 0 Å². The molecule has 1 fully saturated rings. The highest BCUT2D eigenvalue weighted by Gasteiger charge is 2.20. The number of furan rings is 1. The van der Waals surface area contributed by atoms with Crippen molar-refractivity contribution in [1.29, 1.82) is 0 Å². The molecule has 1 aromatic heterocycles. The number of ether oxygens (including phenoxy) is 2. The van der Waals surface area contributed by atoms with Crippen LogP contribution in [0.2, 0.25) is 0 Å². The summed E-state index contributed by atoms with van der Waals surface area (Å²) in [5.74, 6) is 0.550. The molecule has 1 atom stereocenters. The molecular formula is C13H19NO4. The van der Waals surface area contributed by atoms with Crippen molar-refractivity contribution in [3.05, 3.63) is 23.7 Å². The van der Waals surface area contributed by atoms with Crippen LogP contribution in [0, 0.1) is 0 Å². The van der Waals surface area contributed by atoms with Gasteiger partial charge in [0.25, 0.3) is 0 Å². The molecule has 1 N–H and O–H groups in total. The van der Waals surface area contributed by atoms with Crippen LogP contribution in [0.5, 0.6) is 0 Å².